The van der Waals surface area contributed by atoms with Gasteiger partial charge in [-0.05, 0) is 53.3 Å². The molecule has 1 spiro atoms. The first-order chi connectivity index (χ1) is 8.26. The number of hydrogen-bond donors (Lipinski definition) is 1. The molecule has 1 nitrogen and oxygen atoms in total. The summed E-state index contributed by atoms with van der Waals surface area (Å²) in [6, 6.07) is 0. The van der Waals surface area contributed by atoms with Gasteiger partial charge in [-0.3, -0.25) is 0 Å². The third-order valence-electron chi connectivity index (χ3n) is 5.84. The van der Waals surface area contributed by atoms with Crippen molar-refractivity contribution < 1.29 is 0 Å². The Morgan fingerprint density at radius 3 is 2.44 bits per heavy atom. The van der Waals surface area contributed by atoms with Gasteiger partial charge in [-0.25, -0.2) is 0 Å². The van der Waals surface area contributed by atoms with E-state index in [1.807, 2.05) is 0 Å². The summed E-state index contributed by atoms with van der Waals surface area (Å²) in [7, 11) is 0. The van der Waals surface area contributed by atoms with E-state index < -0.39 is 0 Å². The molecule has 1 saturated carbocycles. The second-order valence-electron chi connectivity index (χ2n) is 7.98. The van der Waals surface area contributed by atoms with Crippen LogP contribution >= 0.6 is 11.8 Å². The summed E-state index contributed by atoms with van der Waals surface area (Å²) in [5.74, 6) is 4.36. The van der Waals surface area contributed by atoms with Crippen LogP contribution in [0, 0.1) is 28.1 Å². The molecule has 2 rings (SSSR count). The molecular weight excluding hydrogens is 238 g/mol. The van der Waals surface area contributed by atoms with E-state index >= 15 is 0 Å². The highest BCUT2D eigenvalue weighted by Gasteiger charge is 2.75. The molecule has 2 aliphatic rings. The Balaban J connectivity index is 2.04. The van der Waals surface area contributed by atoms with Crippen molar-refractivity contribution in [1.29, 1.82) is 0 Å². The van der Waals surface area contributed by atoms with E-state index in [0.29, 0.717) is 16.2 Å². The molecule has 0 aromatic rings. The van der Waals surface area contributed by atoms with Gasteiger partial charge in [0.1, 0.15) is 0 Å². The first kappa shape index (κ1) is 14.7. The predicted molar refractivity (Wildman–Crippen MR) is 83.1 cm³/mol. The molecule has 106 valence electrons. The first-order valence-electron chi connectivity index (χ1n) is 7.54. The van der Waals surface area contributed by atoms with Crippen LogP contribution in [0.5, 0.6) is 0 Å². The Labute approximate surface area is 118 Å². The summed E-state index contributed by atoms with van der Waals surface area (Å²) < 4.78 is 0. The Morgan fingerprint density at radius 2 is 1.89 bits per heavy atom. The van der Waals surface area contributed by atoms with Crippen molar-refractivity contribution >= 4 is 11.8 Å². The first-order valence-corrected chi connectivity index (χ1v) is 8.69. The predicted octanol–water partition coefficient (Wildman–Crippen LogP) is 4.04. The molecule has 1 heterocycles. The van der Waals surface area contributed by atoms with Crippen LogP contribution in [0.3, 0.4) is 0 Å². The highest BCUT2D eigenvalue weighted by Crippen LogP contribution is 2.78. The fraction of sp³-hybridized carbons (Fsp3) is 1.00. The van der Waals surface area contributed by atoms with Crippen molar-refractivity contribution in [3.05, 3.63) is 0 Å². The maximum atomic E-state index is 3.70. The molecule has 0 amide bonds. The number of rotatable bonds is 4. The largest absolute Gasteiger partial charge is 0.316 e. The van der Waals surface area contributed by atoms with Crippen LogP contribution in [0.4, 0.5) is 0 Å². The van der Waals surface area contributed by atoms with Gasteiger partial charge in [0.25, 0.3) is 0 Å². The van der Waals surface area contributed by atoms with Gasteiger partial charge >= 0.3 is 0 Å². The zero-order valence-corrected chi connectivity index (χ0v) is 13.9. The molecule has 1 saturated heterocycles. The van der Waals surface area contributed by atoms with Gasteiger partial charge in [0.15, 0.2) is 0 Å². The van der Waals surface area contributed by atoms with Gasteiger partial charge in [-0.2, -0.15) is 11.8 Å². The average molecular weight is 269 g/mol. The van der Waals surface area contributed by atoms with Gasteiger partial charge in [-0.15, -0.1) is 0 Å². The molecular formula is C16H31NS. The lowest BCUT2D eigenvalue weighted by molar-refractivity contribution is 0.146. The lowest BCUT2D eigenvalue weighted by Crippen LogP contribution is -2.38. The monoisotopic (exact) mass is 269 g/mol. The lowest BCUT2D eigenvalue weighted by atomic mass is 9.70. The van der Waals surface area contributed by atoms with E-state index in [0.717, 1.165) is 18.4 Å². The van der Waals surface area contributed by atoms with Crippen molar-refractivity contribution in [3.8, 4) is 0 Å². The lowest BCUT2D eigenvalue weighted by Gasteiger charge is -2.42. The third-order valence-corrected chi connectivity index (χ3v) is 6.99. The van der Waals surface area contributed by atoms with Crippen molar-refractivity contribution in [1.82, 2.24) is 5.32 Å². The van der Waals surface area contributed by atoms with Crippen LogP contribution < -0.4 is 5.32 Å². The second-order valence-corrected chi connectivity index (χ2v) is 9.09. The van der Waals surface area contributed by atoms with Crippen LogP contribution in [0.2, 0.25) is 0 Å². The van der Waals surface area contributed by atoms with Crippen molar-refractivity contribution in [2.75, 3.05) is 24.6 Å². The van der Waals surface area contributed by atoms with Crippen LogP contribution in [0.25, 0.3) is 0 Å². The maximum absolute atomic E-state index is 3.70. The molecule has 0 aromatic heterocycles. The molecule has 18 heavy (non-hydrogen) atoms. The van der Waals surface area contributed by atoms with Crippen LogP contribution in [0.1, 0.15) is 48.0 Å². The van der Waals surface area contributed by atoms with Gasteiger partial charge in [0, 0.05) is 5.75 Å². The second kappa shape index (κ2) is 4.70. The fourth-order valence-corrected chi connectivity index (χ4v) is 6.61. The molecule has 1 aliphatic heterocycles. The van der Waals surface area contributed by atoms with Gasteiger partial charge < -0.3 is 5.32 Å². The minimum Gasteiger partial charge on any atom is -0.316 e. The average Bonchev–Trinajstić information content (AvgIpc) is 2.70. The van der Waals surface area contributed by atoms with E-state index in [-0.39, 0.29) is 0 Å². The molecule has 0 aromatic carbocycles. The smallest absolute Gasteiger partial charge is 0.000290 e. The van der Waals surface area contributed by atoms with Crippen LogP contribution in [-0.4, -0.2) is 24.6 Å². The third kappa shape index (κ3) is 2.04. The Kier molecular flexibility index (Phi) is 3.84. The number of thioether (sulfide) groups is 1. The number of hydrogen-bond acceptors (Lipinski definition) is 2. The van der Waals surface area contributed by atoms with E-state index in [1.165, 1.54) is 24.5 Å². The van der Waals surface area contributed by atoms with E-state index in [2.05, 4.69) is 58.6 Å². The van der Waals surface area contributed by atoms with Crippen LogP contribution in [-0.2, 0) is 0 Å². The molecule has 2 atom stereocenters. The Hall–Kier alpha value is 0.310. The molecule has 2 fully saturated rings. The van der Waals surface area contributed by atoms with Gasteiger partial charge in [0.05, 0.1) is 0 Å². The molecule has 1 N–H and O–H groups in total. The summed E-state index contributed by atoms with van der Waals surface area (Å²) in [5, 5.41) is 3.70. The number of nitrogens with one attached hydrogen (secondary N) is 1. The highest BCUT2D eigenvalue weighted by atomic mass is 32.2. The zero-order chi connectivity index (χ0) is 13.6. The van der Waals surface area contributed by atoms with Crippen molar-refractivity contribution in [3.63, 3.8) is 0 Å². The zero-order valence-electron chi connectivity index (χ0n) is 13.1. The maximum Gasteiger partial charge on any atom is 0.000290 e. The van der Waals surface area contributed by atoms with Crippen molar-refractivity contribution in [2.24, 2.45) is 28.1 Å². The normalized spacial score (nSPS) is 37.2. The molecule has 2 heteroatoms. The summed E-state index contributed by atoms with van der Waals surface area (Å²) in [5.41, 5.74) is 1.62. The summed E-state index contributed by atoms with van der Waals surface area (Å²) in [6.45, 7) is 17.0. The fourth-order valence-electron chi connectivity index (χ4n) is 4.52. The molecule has 2 unspecified atom stereocenters. The highest BCUT2D eigenvalue weighted by molar-refractivity contribution is 7.99. The SMILES string of the molecule is CC(C)CNCC1C(C)(C)C12CSCCC2(C)C. The minimum atomic E-state index is 0.520. The van der Waals surface area contributed by atoms with E-state index in [9.17, 15) is 0 Å². The Morgan fingerprint density at radius 1 is 1.22 bits per heavy atom. The topological polar surface area (TPSA) is 12.0 Å². The molecule has 0 radical (unpaired) electrons. The Bertz CT molecular complexity index is 308. The van der Waals surface area contributed by atoms with Crippen molar-refractivity contribution in [2.45, 2.75) is 48.0 Å². The minimum absolute atomic E-state index is 0.520. The molecule has 1 aliphatic carbocycles. The van der Waals surface area contributed by atoms with E-state index in [4.69, 9.17) is 0 Å². The summed E-state index contributed by atoms with van der Waals surface area (Å²) in [6.07, 6.45) is 1.39. The van der Waals surface area contributed by atoms with Gasteiger partial charge in [-0.1, -0.05) is 41.5 Å². The van der Waals surface area contributed by atoms with Crippen LogP contribution in [0.15, 0.2) is 0 Å². The quantitative estimate of drug-likeness (QED) is 0.827. The standard InChI is InChI=1S/C16H31NS/c1-12(2)9-17-10-13-15(5,6)16(13)11-18-8-7-14(16,3)4/h12-13,17H,7-11H2,1-6H3. The summed E-state index contributed by atoms with van der Waals surface area (Å²) >= 11 is 2.18. The molecule has 0 bridgehead atoms. The van der Waals surface area contributed by atoms with Gasteiger partial charge in [0.2, 0.25) is 0 Å². The summed E-state index contributed by atoms with van der Waals surface area (Å²) in [4.78, 5) is 0. The van der Waals surface area contributed by atoms with E-state index in [1.54, 1.807) is 0 Å².